The smallest absolute Gasteiger partial charge is 0.422 e. The van der Waals surface area contributed by atoms with Gasteiger partial charge in [-0.1, -0.05) is 30.4 Å². The molecule has 0 unspecified atom stereocenters. The van der Waals surface area contributed by atoms with Crippen LogP contribution in [0.5, 0.6) is 17.2 Å². The summed E-state index contributed by atoms with van der Waals surface area (Å²) in [7, 11) is 1.51. The molecule has 0 aliphatic heterocycles. The lowest BCUT2D eigenvalue weighted by molar-refractivity contribution is -0.153. The van der Waals surface area contributed by atoms with Gasteiger partial charge in [-0.05, 0) is 42.3 Å². The number of allylic oxidation sites excluding steroid dienone is 1. The first-order valence-electron chi connectivity index (χ1n) is 8.79. The molecule has 1 N–H and O–H groups in total. The number of amides is 1. The van der Waals surface area contributed by atoms with E-state index in [4.69, 9.17) is 14.2 Å². The summed E-state index contributed by atoms with van der Waals surface area (Å²) in [6, 6.07) is 11.4. The number of benzene rings is 2. The molecule has 0 fully saturated rings. The van der Waals surface area contributed by atoms with Crippen molar-refractivity contribution in [1.29, 1.82) is 0 Å². The Labute approximate surface area is 167 Å². The Bertz CT molecular complexity index is 850. The van der Waals surface area contributed by atoms with Crippen molar-refractivity contribution in [3.8, 4) is 17.2 Å². The summed E-state index contributed by atoms with van der Waals surface area (Å²) in [4.78, 5) is 12.0. The van der Waals surface area contributed by atoms with Crippen molar-refractivity contribution >= 4 is 12.0 Å². The number of rotatable bonds is 9. The van der Waals surface area contributed by atoms with Crippen molar-refractivity contribution in [3.05, 3.63) is 59.7 Å². The molecule has 0 radical (unpaired) electrons. The highest BCUT2D eigenvalue weighted by Gasteiger charge is 2.28. The van der Waals surface area contributed by atoms with E-state index in [-0.39, 0.29) is 24.8 Å². The average Bonchev–Trinajstić information content (AvgIpc) is 2.69. The maximum Gasteiger partial charge on any atom is 0.422 e. The third-order valence-electron chi connectivity index (χ3n) is 3.70. The second-order valence-electron chi connectivity index (χ2n) is 6.03. The highest BCUT2D eigenvalue weighted by molar-refractivity contribution is 5.77. The number of alkyl halides is 3. The molecule has 2 rings (SSSR count). The molecule has 0 aliphatic rings. The first-order chi connectivity index (χ1) is 13.8. The van der Waals surface area contributed by atoms with Gasteiger partial charge in [0.15, 0.2) is 24.7 Å². The molecular weight excluding hydrogens is 387 g/mol. The molecule has 0 aromatic heterocycles. The number of hydrogen-bond acceptors (Lipinski definition) is 4. The fourth-order valence-electron chi connectivity index (χ4n) is 2.40. The van der Waals surface area contributed by atoms with Crippen LogP contribution in [0.1, 0.15) is 18.1 Å². The van der Waals surface area contributed by atoms with Crippen molar-refractivity contribution in [2.75, 3.05) is 20.3 Å². The molecule has 0 bridgehead atoms. The topological polar surface area (TPSA) is 56.8 Å². The van der Waals surface area contributed by atoms with E-state index in [1.54, 1.807) is 24.3 Å². The number of carbonyl (C=O) groups is 1. The van der Waals surface area contributed by atoms with Crippen molar-refractivity contribution in [1.82, 2.24) is 5.32 Å². The molecule has 0 spiro atoms. The zero-order valence-electron chi connectivity index (χ0n) is 16.1. The SMILES string of the molecule is C/C=C/c1ccc(OCC(=O)NCc2cccc(OCC(F)(F)F)c2)c(OC)c1. The van der Waals surface area contributed by atoms with Crippen molar-refractivity contribution in [2.45, 2.75) is 19.6 Å². The standard InChI is InChI=1S/C21H22F3NO4/c1-3-5-15-8-9-18(19(11-15)27-2)28-13-20(26)25-12-16-6-4-7-17(10-16)29-14-21(22,23)24/h3-11H,12-14H2,1-2H3,(H,25,26)/b5-3+. The molecule has 2 aromatic rings. The Morgan fingerprint density at radius 1 is 1.10 bits per heavy atom. The molecule has 156 valence electrons. The summed E-state index contributed by atoms with van der Waals surface area (Å²) in [6.07, 6.45) is -0.606. The van der Waals surface area contributed by atoms with Crippen LogP contribution in [0.15, 0.2) is 48.5 Å². The summed E-state index contributed by atoms with van der Waals surface area (Å²) in [5.74, 6) is 0.629. The largest absolute Gasteiger partial charge is 0.493 e. The maximum absolute atomic E-state index is 12.2. The third-order valence-corrected chi connectivity index (χ3v) is 3.70. The summed E-state index contributed by atoms with van der Waals surface area (Å²) in [5, 5.41) is 2.64. The van der Waals surface area contributed by atoms with Crippen LogP contribution in [0.25, 0.3) is 6.08 Å². The van der Waals surface area contributed by atoms with Crippen molar-refractivity contribution < 1.29 is 32.2 Å². The van der Waals surface area contributed by atoms with Gasteiger partial charge in [-0.15, -0.1) is 0 Å². The summed E-state index contributed by atoms with van der Waals surface area (Å²) in [5.41, 5.74) is 1.54. The third kappa shape index (κ3) is 7.77. The lowest BCUT2D eigenvalue weighted by Crippen LogP contribution is -2.28. The first-order valence-corrected chi connectivity index (χ1v) is 8.79. The molecule has 0 saturated heterocycles. The molecule has 8 heteroatoms. The van der Waals surface area contributed by atoms with E-state index in [0.717, 1.165) is 5.56 Å². The number of hydrogen-bond donors (Lipinski definition) is 1. The van der Waals surface area contributed by atoms with Crippen LogP contribution in [0, 0.1) is 0 Å². The maximum atomic E-state index is 12.2. The van der Waals surface area contributed by atoms with Crippen molar-refractivity contribution in [3.63, 3.8) is 0 Å². The van der Waals surface area contributed by atoms with Gasteiger partial charge in [-0.3, -0.25) is 4.79 Å². The van der Waals surface area contributed by atoms with Crippen LogP contribution in [0.4, 0.5) is 13.2 Å². The zero-order valence-corrected chi connectivity index (χ0v) is 16.1. The van der Waals surface area contributed by atoms with Crippen LogP contribution in [-0.4, -0.2) is 32.4 Å². The summed E-state index contributed by atoms with van der Waals surface area (Å²) < 4.78 is 52.1. The van der Waals surface area contributed by atoms with E-state index >= 15 is 0 Å². The average molecular weight is 409 g/mol. The number of ether oxygens (including phenoxy) is 3. The predicted molar refractivity (Wildman–Crippen MR) is 103 cm³/mol. The van der Waals surface area contributed by atoms with Crippen molar-refractivity contribution in [2.24, 2.45) is 0 Å². The van der Waals surface area contributed by atoms with Gasteiger partial charge in [0.05, 0.1) is 7.11 Å². The quantitative estimate of drug-likeness (QED) is 0.669. The molecule has 29 heavy (non-hydrogen) atoms. The van der Waals surface area contributed by atoms with Crippen LogP contribution >= 0.6 is 0 Å². The van der Waals surface area contributed by atoms with Gasteiger partial charge in [0.1, 0.15) is 5.75 Å². The number of nitrogens with one attached hydrogen (secondary N) is 1. The number of carbonyl (C=O) groups excluding carboxylic acids is 1. The Kier molecular flexibility index (Phi) is 7.94. The zero-order chi connectivity index (χ0) is 21.3. The molecule has 0 saturated carbocycles. The van der Waals surface area contributed by atoms with Gasteiger partial charge in [0.25, 0.3) is 5.91 Å². The molecule has 0 aliphatic carbocycles. The van der Waals surface area contributed by atoms with E-state index < -0.39 is 12.8 Å². The Morgan fingerprint density at radius 2 is 1.90 bits per heavy atom. The van der Waals surface area contributed by atoms with E-state index in [9.17, 15) is 18.0 Å². The van der Waals surface area contributed by atoms with Crippen LogP contribution in [0.2, 0.25) is 0 Å². The van der Waals surface area contributed by atoms with E-state index in [1.807, 2.05) is 25.1 Å². The monoisotopic (exact) mass is 409 g/mol. The molecule has 1 amide bonds. The van der Waals surface area contributed by atoms with E-state index in [1.165, 1.54) is 19.2 Å². The molecule has 5 nitrogen and oxygen atoms in total. The van der Waals surface area contributed by atoms with Gasteiger partial charge in [0, 0.05) is 6.54 Å². The first kappa shape index (κ1) is 22.1. The molecular formula is C21H22F3NO4. The molecule has 0 atom stereocenters. The second kappa shape index (κ2) is 10.4. The number of halogens is 3. The lowest BCUT2D eigenvalue weighted by atomic mass is 10.2. The molecule has 0 heterocycles. The molecule has 2 aromatic carbocycles. The Balaban J connectivity index is 1.86. The van der Waals surface area contributed by atoms with Gasteiger partial charge in [-0.2, -0.15) is 13.2 Å². The fraction of sp³-hybridized carbons (Fsp3) is 0.286. The lowest BCUT2D eigenvalue weighted by Gasteiger charge is -2.12. The number of methoxy groups -OCH3 is 1. The minimum absolute atomic E-state index is 0.0799. The normalized spacial score (nSPS) is 11.3. The minimum atomic E-state index is -4.41. The minimum Gasteiger partial charge on any atom is -0.493 e. The Morgan fingerprint density at radius 3 is 2.59 bits per heavy atom. The van der Waals surface area contributed by atoms with Gasteiger partial charge < -0.3 is 19.5 Å². The highest BCUT2D eigenvalue weighted by atomic mass is 19.4. The van der Waals surface area contributed by atoms with Crippen LogP contribution in [-0.2, 0) is 11.3 Å². The van der Waals surface area contributed by atoms with E-state index in [0.29, 0.717) is 17.1 Å². The predicted octanol–water partition coefficient (Wildman–Crippen LogP) is 4.36. The summed E-state index contributed by atoms with van der Waals surface area (Å²) in [6.45, 7) is 0.428. The van der Waals surface area contributed by atoms with Gasteiger partial charge in [0.2, 0.25) is 0 Å². The highest BCUT2D eigenvalue weighted by Crippen LogP contribution is 2.28. The van der Waals surface area contributed by atoms with Crippen LogP contribution in [0.3, 0.4) is 0 Å². The van der Waals surface area contributed by atoms with E-state index in [2.05, 4.69) is 5.32 Å². The van der Waals surface area contributed by atoms with Gasteiger partial charge >= 0.3 is 6.18 Å². The summed E-state index contributed by atoms with van der Waals surface area (Å²) >= 11 is 0. The second-order valence-corrected chi connectivity index (χ2v) is 6.03. The Hall–Kier alpha value is -3.16. The van der Waals surface area contributed by atoms with Crippen LogP contribution < -0.4 is 19.5 Å². The van der Waals surface area contributed by atoms with Gasteiger partial charge in [-0.25, -0.2) is 0 Å². The fourth-order valence-corrected chi connectivity index (χ4v) is 2.40.